The van der Waals surface area contributed by atoms with Crippen molar-refractivity contribution in [2.45, 2.75) is 30.3 Å². The van der Waals surface area contributed by atoms with Crippen LogP contribution in [-0.4, -0.2) is 86.7 Å². The van der Waals surface area contributed by atoms with Gasteiger partial charge in [0.1, 0.15) is 10.6 Å². The van der Waals surface area contributed by atoms with Crippen molar-refractivity contribution in [3.8, 4) is 11.3 Å². The van der Waals surface area contributed by atoms with Gasteiger partial charge in [-0.15, -0.1) is 11.3 Å². The van der Waals surface area contributed by atoms with E-state index in [2.05, 4.69) is 15.4 Å². The molecular formula is C27H33N9O4S2. The molecule has 5 heterocycles. The monoisotopic (exact) mass is 611 g/mol. The highest BCUT2D eigenvalue weighted by molar-refractivity contribution is 7.89. The Morgan fingerprint density at radius 2 is 1.93 bits per heavy atom. The number of anilines is 1. The minimum atomic E-state index is -3.83. The van der Waals surface area contributed by atoms with E-state index in [1.54, 1.807) is 21.9 Å². The number of amides is 1. The average Bonchev–Trinajstić information content (AvgIpc) is 3.71. The Morgan fingerprint density at radius 1 is 1.17 bits per heavy atom. The number of nitrogen functional groups attached to an aromatic ring is 1. The summed E-state index contributed by atoms with van der Waals surface area (Å²) in [4.78, 5) is 34.9. The van der Waals surface area contributed by atoms with Crippen LogP contribution in [0.5, 0.6) is 0 Å². The first kappa shape index (κ1) is 28.3. The molecule has 0 saturated carbocycles. The Bertz CT molecular complexity index is 1750. The highest BCUT2D eigenvalue weighted by atomic mass is 32.2. The molecule has 42 heavy (non-hydrogen) atoms. The van der Waals surface area contributed by atoms with Gasteiger partial charge in [-0.1, -0.05) is 30.3 Å². The molecule has 1 amide bonds. The van der Waals surface area contributed by atoms with E-state index in [4.69, 9.17) is 5.73 Å². The normalized spacial score (nSPS) is 18.4. The fraction of sp³-hybridized carbons (Fsp3) is 0.407. The van der Waals surface area contributed by atoms with E-state index in [0.717, 1.165) is 0 Å². The fourth-order valence-corrected chi connectivity index (χ4v) is 7.80. The number of piperidine rings is 1. The second kappa shape index (κ2) is 11.5. The molecule has 15 heteroatoms. The first-order chi connectivity index (χ1) is 20.2. The van der Waals surface area contributed by atoms with Crippen molar-refractivity contribution in [3.05, 3.63) is 70.0 Å². The number of carbonyl (C=O) groups excluding carboxylic acids is 1. The summed E-state index contributed by atoms with van der Waals surface area (Å²) in [5, 5.41) is 9.46. The van der Waals surface area contributed by atoms with Crippen molar-refractivity contribution in [3.63, 3.8) is 0 Å². The zero-order valence-corrected chi connectivity index (χ0v) is 24.9. The van der Waals surface area contributed by atoms with Gasteiger partial charge in [0.25, 0.3) is 5.91 Å². The minimum Gasteiger partial charge on any atom is -0.375 e. The summed E-state index contributed by atoms with van der Waals surface area (Å²) in [6.07, 6.45) is 3.94. The number of aryl methyl sites for hydroxylation is 1. The van der Waals surface area contributed by atoms with Crippen LogP contribution in [0.1, 0.15) is 35.1 Å². The van der Waals surface area contributed by atoms with Gasteiger partial charge in [0.05, 0.1) is 30.2 Å². The number of carbonyl (C=O) groups is 1. The molecule has 222 valence electrons. The lowest BCUT2D eigenvalue weighted by Crippen LogP contribution is -2.47. The molecule has 2 saturated heterocycles. The van der Waals surface area contributed by atoms with Crippen LogP contribution >= 0.6 is 11.3 Å². The number of hydrogen-bond acceptors (Lipinski definition) is 9. The summed E-state index contributed by atoms with van der Waals surface area (Å²) < 4.78 is 33.1. The zero-order valence-electron chi connectivity index (χ0n) is 23.2. The number of nitrogens with two attached hydrogens (primary N) is 1. The minimum absolute atomic E-state index is 0.0664. The predicted octanol–water partition coefficient (Wildman–Crippen LogP) is 1.21. The van der Waals surface area contributed by atoms with Crippen LogP contribution in [0.4, 0.5) is 5.13 Å². The van der Waals surface area contributed by atoms with Crippen LogP contribution in [0, 0.1) is 0 Å². The highest BCUT2D eigenvalue weighted by Gasteiger charge is 2.37. The Hall–Kier alpha value is -3.79. The summed E-state index contributed by atoms with van der Waals surface area (Å²) >= 11 is 1.27. The van der Waals surface area contributed by atoms with E-state index in [1.165, 1.54) is 37.3 Å². The molecule has 0 spiro atoms. The van der Waals surface area contributed by atoms with Gasteiger partial charge in [-0.2, -0.15) is 9.40 Å². The maximum absolute atomic E-state index is 14.4. The smallest absolute Gasteiger partial charge is 0.329 e. The first-order valence-electron chi connectivity index (χ1n) is 13.8. The third-order valence-corrected chi connectivity index (χ3v) is 10.3. The number of imidazole rings is 1. The molecule has 1 aromatic carbocycles. The number of hydrogen-bond donors (Lipinski definition) is 2. The molecule has 3 aromatic heterocycles. The van der Waals surface area contributed by atoms with Gasteiger partial charge in [-0.3, -0.25) is 18.6 Å². The molecule has 6 rings (SSSR count). The Balaban J connectivity index is 1.50. The summed E-state index contributed by atoms with van der Waals surface area (Å²) in [7, 11) is -2.17. The van der Waals surface area contributed by atoms with E-state index in [-0.39, 0.29) is 35.3 Å². The number of rotatable bonds is 7. The van der Waals surface area contributed by atoms with E-state index >= 15 is 0 Å². The molecule has 0 aliphatic carbocycles. The lowest BCUT2D eigenvalue weighted by molar-refractivity contribution is 0.0725. The number of nitrogens with zero attached hydrogens (tertiary/aromatic N) is 7. The maximum Gasteiger partial charge on any atom is 0.329 e. The number of benzene rings is 1. The Labute approximate surface area is 247 Å². The second-order valence-corrected chi connectivity index (χ2v) is 13.4. The number of aromatic nitrogens is 5. The van der Waals surface area contributed by atoms with Gasteiger partial charge in [-0.25, -0.2) is 18.2 Å². The number of thiazole rings is 1. The van der Waals surface area contributed by atoms with Gasteiger partial charge in [0.15, 0.2) is 5.13 Å². The van der Waals surface area contributed by atoms with Crippen LogP contribution in [0.2, 0.25) is 0 Å². The number of nitrogens with one attached hydrogen (secondary N) is 1. The van der Waals surface area contributed by atoms with Gasteiger partial charge in [0, 0.05) is 63.5 Å². The van der Waals surface area contributed by atoms with Crippen LogP contribution in [0.25, 0.3) is 11.3 Å². The number of sulfonamides is 1. The van der Waals surface area contributed by atoms with E-state index in [9.17, 15) is 18.0 Å². The quantitative estimate of drug-likeness (QED) is 0.316. The molecule has 13 nitrogen and oxygen atoms in total. The molecule has 0 radical (unpaired) electrons. The van der Waals surface area contributed by atoms with Crippen molar-refractivity contribution >= 4 is 32.4 Å². The molecule has 2 aliphatic rings. The molecular weight excluding hydrogens is 578 g/mol. The predicted molar refractivity (Wildman–Crippen MR) is 159 cm³/mol. The summed E-state index contributed by atoms with van der Waals surface area (Å²) in [5.74, 6) is -0.245. The largest absolute Gasteiger partial charge is 0.375 e. The highest BCUT2D eigenvalue weighted by Crippen LogP contribution is 2.33. The van der Waals surface area contributed by atoms with E-state index in [1.807, 2.05) is 30.3 Å². The van der Waals surface area contributed by atoms with Gasteiger partial charge >= 0.3 is 5.69 Å². The molecule has 1 atom stereocenters. The van der Waals surface area contributed by atoms with Crippen LogP contribution in [0.15, 0.2) is 57.8 Å². The van der Waals surface area contributed by atoms with Crippen molar-refractivity contribution in [2.24, 2.45) is 7.05 Å². The molecule has 2 fully saturated rings. The summed E-state index contributed by atoms with van der Waals surface area (Å²) in [5.41, 5.74) is 7.55. The summed E-state index contributed by atoms with van der Waals surface area (Å²) in [6.45, 7) is 2.82. The van der Waals surface area contributed by atoms with Crippen molar-refractivity contribution < 1.29 is 13.2 Å². The van der Waals surface area contributed by atoms with E-state index < -0.39 is 16.1 Å². The SMILES string of the molecule is Cn1cc(S(=O)(=O)N2CCCC(n3c(-c4ccccc4)c(C(=O)N4CCNCC4)n(Cc4csc(N)n4)c3=O)C2)cn1. The fourth-order valence-electron chi connectivity index (χ4n) is 5.74. The molecule has 3 N–H and O–H groups in total. The van der Waals surface area contributed by atoms with Gasteiger partial charge in [0.2, 0.25) is 10.0 Å². The van der Waals surface area contributed by atoms with Gasteiger partial charge < -0.3 is 16.0 Å². The van der Waals surface area contributed by atoms with E-state index in [0.29, 0.717) is 67.6 Å². The Kier molecular flexibility index (Phi) is 7.74. The van der Waals surface area contributed by atoms with Crippen LogP contribution < -0.4 is 16.7 Å². The third kappa shape index (κ3) is 5.28. The topological polar surface area (TPSA) is 153 Å². The standard InChI is InChI=1S/C27H33N9O4S2/c1-32-17-22(14-30-32)42(39,40)34-11-5-8-21(16-34)36-23(19-6-3-2-4-7-19)24(25(37)33-12-9-29-10-13-33)35(27(36)38)15-20-18-41-26(28)31-20/h2-4,6-7,14,17-18,21,29H,5,8-13,15-16H2,1H3,(H2,28,31). The Morgan fingerprint density at radius 3 is 2.60 bits per heavy atom. The zero-order chi connectivity index (χ0) is 29.4. The average molecular weight is 612 g/mol. The van der Waals surface area contributed by atoms with Gasteiger partial charge in [-0.05, 0) is 12.8 Å². The maximum atomic E-state index is 14.4. The van der Waals surface area contributed by atoms with Crippen LogP contribution in [-0.2, 0) is 23.6 Å². The third-order valence-electron chi connectivity index (χ3n) is 7.76. The molecule has 4 aromatic rings. The molecule has 0 bridgehead atoms. The second-order valence-electron chi connectivity index (χ2n) is 10.5. The van der Waals surface area contributed by atoms with Crippen molar-refractivity contribution in [1.82, 2.24) is 38.4 Å². The first-order valence-corrected chi connectivity index (χ1v) is 16.1. The van der Waals surface area contributed by atoms with Crippen molar-refractivity contribution in [1.29, 1.82) is 0 Å². The summed E-state index contributed by atoms with van der Waals surface area (Å²) in [6, 6.07) is 8.85. The van der Waals surface area contributed by atoms with Crippen LogP contribution in [0.3, 0.4) is 0 Å². The molecule has 1 unspecified atom stereocenters. The number of piperazine rings is 1. The molecule has 2 aliphatic heterocycles. The lowest BCUT2D eigenvalue weighted by atomic mass is 10.0. The van der Waals surface area contributed by atoms with Crippen molar-refractivity contribution in [2.75, 3.05) is 45.0 Å². The lowest BCUT2D eigenvalue weighted by Gasteiger charge is -2.33.